The van der Waals surface area contributed by atoms with Gasteiger partial charge in [-0.3, -0.25) is 4.79 Å². The number of benzene rings is 1. The van der Waals surface area contributed by atoms with Crippen LogP contribution in [0, 0.1) is 5.92 Å². The maximum absolute atomic E-state index is 11.7. The molecule has 3 heteroatoms. The van der Waals surface area contributed by atoms with Gasteiger partial charge in [-0.2, -0.15) is 0 Å². The predicted octanol–water partition coefficient (Wildman–Crippen LogP) is 0.870. The van der Waals surface area contributed by atoms with Crippen molar-refractivity contribution in [2.75, 3.05) is 18.4 Å². The van der Waals surface area contributed by atoms with Crippen molar-refractivity contribution < 1.29 is 4.79 Å². The second-order valence-electron chi connectivity index (χ2n) is 3.22. The minimum atomic E-state index is -0.0603. The zero-order chi connectivity index (χ0) is 9.26. The Labute approximate surface area is 76.9 Å². The predicted molar refractivity (Wildman–Crippen MR) is 51.8 cm³/mol. The van der Waals surface area contributed by atoms with E-state index in [-0.39, 0.29) is 11.7 Å². The maximum Gasteiger partial charge on any atom is 0.171 e. The number of para-hydroxylation sites is 1. The molecule has 0 fully saturated rings. The molecule has 3 N–H and O–H groups in total. The van der Waals surface area contributed by atoms with Crippen LogP contribution in [0.3, 0.4) is 0 Å². The smallest absolute Gasteiger partial charge is 0.171 e. The average molecular weight is 176 g/mol. The van der Waals surface area contributed by atoms with E-state index in [9.17, 15) is 4.79 Å². The van der Waals surface area contributed by atoms with Gasteiger partial charge in [-0.25, -0.2) is 0 Å². The summed E-state index contributed by atoms with van der Waals surface area (Å²) in [5.74, 6) is 0.103. The molecule has 1 aliphatic heterocycles. The first kappa shape index (κ1) is 8.26. The lowest BCUT2D eigenvalue weighted by Gasteiger charge is -2.23. The van der Waals surface area contributed by atoms with Gasteiger partial charge in [-0.05, 0) is 12.1 Å². The quantitative estimate of drug-likeness (QED) is 0.667. The van der Waals surface area contributed by atoms with Crippen molar-refractivity contribution in [2.24, 2.45) is 11.7 Å². The number of hydrogen-bond donors (Lipinski definition) is 2. The Morgan fingerprint density at radius 3 is 3.00 bits per heavy atom. The van der Waals surface area contributed by atoms with Gasteiger partial charge in [-0.1, -0.05) is 12.1 Å². The first-order valence-corrected chi connectivity index (χ1v) is 4.40. The molecule has 68 valence electrons. The first-order chi connectivity index (χ1) is 6.33. The van der Waals surface area contributed by atoms with Crippen molar-refractivity contribution >= 4 is 11.5 Å². The monoisotopic (exact) mass is 176 g/mol. The number of ketones is 1. The molecule has 3 nitrogen and oxygen atoms in total. The molecule has 1 heterocycles. The Hall–Kier alpha value is -1.35. The number of rotatable bonds is 1. The summed E-state index contributed by atoms with van der Waals surface area (Å²) >= 11 is 0. The largest absolute Gasteiger partial charge is 0.384 e. The number of carbonyl (C=O) groups is 1. The fourth-order valence-corrected chi connectivity index (χ4v) is 1.59. The van der Waals surface area contributed by atoms with Crippen LogP contribution in [-0.4, -0.2) is 18.9 Å². The SMILES string of the molecule is NCC1CNc2ccccc2C1=O. The van der Waals surface area contributed by atoms with Gasteiger partial charge < -0.3 is 11.1 Å². The second kappa shape index (κ2) is 3.18. The van der Waals surface area contributed by atoms with Crippen molar-refractivity contribution in [2.45, 2.75) is 0 Å². The van der Waals surface area contributed by atoms with Crippen LogP contribution < -0.4 is 11.1 Å². The molecule has 0 radical (unpaired) electrons. The third kappa shape index (κ3) is 1.31. The minimum absolute atomic E-state index is 0.0603. The van der Waals surface area contributed by atoms with Crippen molar-refractivity contribution in [1.82, 2.24) is 0 Å². The Bertz CT molecular complexity index is 335. The van der Waals surface area contributed by atoms with E-state index in [0.717, 1.165) is 11.3 Å². The van der Waals surface area contributed by atoms with Crippen molar-refractivity contribution in [1.29, 1.82) is 0 Å². The highest BCUT2D eigenvalue weighted by Gasteiger charge is 2.25. The zero-order valence-corrected chi connectivity index (χ0v) is 7.29. The van der Waals surface area contributed by atoms with E-state index < -0.39 is 0 Å². The van der Waals surface area contributed by atoms with Gasteiger partial charge in [0.2, 0.25) is 0 Å². The lowest BCUT2D eigenvalue weighted by Crippen LogP contribution is -2.34. The second-order valence-corrected chi connectivity index (χ2v) is 3.22. The van der Waals surface area contributed by atoms with E-state index in [1.165, 1.54) is 0 Å². The van der Waals surface area contributed by atoms with Crippen LogP contribution >= 0.6 is 0 Å². The zero-order valence-electron chi connectivity index (χ0n) is 7.29. The van der Waals surface area contributed by atoms with Crippen LogP contribution in [-0.2, 0) is 0 Å². The molecule has 0 saturated carbocycles. The highest BCUT2D eigenvalue weighted by molar-refractivity contribution is 6.04. The lowest BCUT2D eigenvalue weighted by atomic mass is 9.93. The van der Waals surface area contributed by atoms with E-state index >= 15 is 0 Å². The number of hydrogen-bond acceptors (Lipinski definition) is 3. The van der Waals surface area contributed by atoms with E-state index in [2.05, 4.69) is 5.32 Å². The van der Waals surface area contributed by atoms with E-state index in [1.807, 2.05) is 24.3 Å². The third-order valence-corrected chi connectivity index (χ3v) is 2.39. The number of Topliss-reactive ketones (excluding diaryl/α,β-unsaturated/α-hetero) is 1. The normalized spacial score (nSPS) is 20.7. The lowest BCUT2D eigenvalue weighted by molar-refractivity contribution is 0.0926. The average Bonchev–Trinajstić information content (AvgIpc) is 2.19. The summed E-state index contributed by atoms with van der Waals surface area (Å²) in [5, 5.41) is 3.19. The molecule has 2 rings (SSSR count). The van der Waals surface area contributed by atoms with E-state index in [1.54, 1.807) is 0 Å². The molecule has 1 aromatic rings. The van der Waals surface area contributed by atoms with Crippen LogP contribution in [0.1, 0.15) is 10.4 Å². The van der Waals surface area contributed by atoms with Crippen molar-refractivity contribution in [3.63, 3.8) is 0 Å². The Morgan fingerprint density at radius 2 is 2.23 bits per heavy atom. The summed E-state index contributed by atoms with van der Waals surface area (Å²) in [5.41, 5.74) is 7.19. The number of nitrogens with one attached hydrogen (secondary N) is 1. The standard InChI is InChI=1S/C10H12N2O/c11-5-7-6-12-9-4-2-1-3-8(9)10(7)13/h1-4,7,12H,5-6,11H2. The van der Waals surface area contributed by atoms with E-state index in [4.69, 9.17) is 5.73 Å². The van der Waals surface area contributed by atoms with Crippen LogP contribution in [0.2, 0.25) is 0 Å². The summed E-state index contributed by atoms with van der Waals surface area (Å²) in [6.07, 6.45) is 0. The van der Waals surface area contributed by atoms with Gasteiger partial charge in [0.25, 0.3) is 0 Å². The maximum atomic E-state index is 11.7. The molecular weight excluding hydrogens is 164 g/mol. The summed E-state index contributed by atoms with van der Waals surface area (Å²) in [7, 11) is 0. The first-order valence-electron chi connectivity index (χ1n) is 4.40. The van der Waals surface area contributed by atoms with Crippen molar-refractivity contribution in [3.05, 3.63) is 29.8 Å². The number of nitrogens with two attached hydrogens (primary N) is 1. The summed E-state index contributed by atoms with van der Waals surface area (Å²) < 4.78 is 0. The van der Waals surface area contributed by atoms with Crippen LogP contribution in [0.5, 0.6) is 0 Å². The van der Waals surface area contributed by atoms with Crippen molar-refractivity contribution in [3.8, 4) is 0 Å². The van der Waals surface area contributed by atoms with Gasteiger partial charge in [-0.15, -0.1) is 0 Å². The molecule has 0 aromatic heterocycles. The Kier molecular flexibility index (Phi) is 2.02. The molecular formula is C10H12N2O. The van der Waals surface area contributed by atoms with Gasteiger partial charge in [0.15, 0.2) is 5.78 Å². The van der Waals surface area contributed by atoms with Gasteiger partial charge in [0.05, 0.1) is 5.92 Å². The fraction of sp³-hybridized carbons (Fsp3) is 0.300. The molecule has 1 atom stereocenters. The van der Waals surface area contributed by atoms with Crippen LogP contribution in [0.25, 0.3) is 0 Å². The number of fused-ring (bicyclic) bond motifs is 1. The molecule has 0 aliphatic carbocycles. The topological polar surface area (TPSA) is 55.1 Å². The summed E-state index contributed by atoms with van der Waals surface area (Å²) in [6.45, 7) is 1.08. The fourth-order valence-electron chi connectivity index (χ4n) is 1.59. The third-order valence-electron chi connectivity index (χ3n) is 2.39. The van der Waals surface area contributed by atoms with Crippen LogP contribution in [0.4, 0.5) is 5.69 Å². The van der Waals surface area contributed by atoms with Gasteiger partial charge in [0.1, 0.15) is 0 Å². The summed E-state index contributed by atoms with van der Waals surface area (Å²) in [4.78, 5) is 11.7. The highest BCUT2D eigenvalue weighted by atomic mass is 16.1. The van der Waals surface area contributed by atoms with E-state index in [0.29, 0.717) is 13.1 Å². The molecule has 1 aromatic carbocycles. The molecule has 13 heavy (non-hydrogen) atoms. The van der Waals surface area contributed by atoms with Crippen LogP contribution in [0.15, 0.2) is 24.3 Å². The molecule has 0 amide bonds. The van der Waals surface area contributed by atoms with Gasteiger partial charge in [0, 0.05) is 24.3 Å². The molecule has 1 unspecified atom stereocenters. The number of carbonyl (C=O) groups excluding carboxylic acids is 1. The summed E-state index contributed by atoms with van der Waals surface area (Å²) in [6, 6.07) is 7.55. The minimum Gasteiger partial charge on any atom is -0.384 e. The molecule has 1 aliphatic rings. The molecule has 0 bridgehead atoms. The molecule has 0 saturated heterocycles. The highest BCUT2D eigenvalue weighted by Crippen LogP contribution is 2.23. The Balaban J connectivity index is 2.39. The molecule has 0 spiro atoms. The van der Waals surface area contributed by atoms with Gasteiger partial charge >= 0.3 is 0 Å². The number of anilines is 1. The Morgan fingerprint density at radius 1 is 1.46 bits per heavy atom.